The molecule has 5 heteroatoms. The summed E-state index contributed by atoms with van der Waals surface area (Å²) in [6.45, 7) is 4.13. The first-order chi connectivity index (χ1) is 9.88. The van der Waals surface area contributed by atoms with Gasteiger partial charge in [-0.05, 0) is 36.5 Å². The number of carboxylic acid groups (broad SMARTS) is 1. The molecule has 5 nitrogen and oxygen atoms in total. The van der Waals surface area contributed by atoms with Crippen molar-refractivity contribution in [2.75, 3.05) is 12.3 Å². The topological polar surface area (TPSA) is 92.4 Å². The van der Waals surface area contributed by atoms with Crippen molar-refractivity contribution < 1.29 is 14.7 Å². The first-order valence-corrected chi connectivity index (χ1v) is 7.22. The molecule has 1 amide bonds. The van der Waals surface area contributed by atoms with Crippen LogP contribution in [0.4, 0.5) is 5.69 Å². The van der Waals surface area contributed by atoms with Crippen molar-refractivity contribution in [1.29, 1.82) is 0 Å². The summed E-state index contributed by atoms with van der Waals surface area (Å²) in [5.41, 5.74) is 7.33. The van der Waals surface area contributed by atoms with Crippen LogP contribution in [0.2, 0.25) is 0 Å². The molecule has 0 radical (unpaired) electrons. The predicted octanol–water partition coefficient (Wildman–Crippen LogP) is 2.06. The number of nitrogen functional groups attached to an aromatic ring is 1. The lowest BCUT2D eigenvalue weighted by atomic mass is 9.97. The van der Waals surface area contributed by atoms with E-state index >= 15 is 0 Å². The van der Waals surface area contributed by atoms with Gasteiger partial charge in [0.25, 0.3) is 0 Å². The molecule has 0 bridgehead atoms. The lowest BCUT2D eigenvalue weighted by Gasteiger charge is -2.15. The number of carbonyl (C=O) groups excluding carboxylic acids is 1. The number of nitrogens with one attached hydrogen (secondary N) is 1. The quantitative estimate of drug-likeness (QED) is 0.639. The Labute approximate surface area is 125 Å². The summed E-state index contributed by atoms with van der Waals surface area (Å²) in [5.74, 6) is -1.22. The number of nitrogens with two attached hydrogens (primary N) is 1. The Morgan fingerprint density at radius 1 is 1.24 bits per heavy atom. The van der Waals surface area contributed by atoms with Crippen LogP contribution in [0.25, 0.3) is 0 Å². The number of hydrogen-bond donors (Lipinski definition) is 3. The summed E-state index contributed by atoms with van der Waals surface area (Å²) in [6.07, 6.45) is 1.53. The molecule has 0 heterocycles. The van der Waals surface area contributed by atoms with Crippen molar-refractivity contribution >= 4 is 17.6 Å². The Kier molecular flexibility index (Phi) is 6.72. The Morgan fingerprint density at radius 3 is 2.38 bits per heavy atom. The summed E-state index contributed by atoms with van der Waals surface area (Å²) in [6, 6.07) is 7.38. The van der Waals surface area contributed by atoms with E-state index in [-0.39, 0.29) is 18.4 Å². The van der Waals surface area contributed by atoms with Crippen LogP contribution < -0.4 is 11.1 Å². The fourth-order valence-electron chi connectivity index (χ4n) is 2.11. The van der Waals surface area contributed by atoms with Crippen LogP contribution in [0.5, 0.6) is 0 Å². The van der Waals surface area contributed by atoms with Crippen LogP contribution in [-0.2, 0) is 16.0 Å². The Hall–Kier alpha value is -2.04. The second-order valence-corrected chi connectivity index (χ2v) is 5.71. The van der Waals surface area contributed by atoms with Crippen LogP contribution in [0.3, 0.4) is 0 Å². The maximum Gasteiger partial charge on any atom is 0.308 e. The van der Waals surface area contributed by atoms with Crippen LogP contribution in [-0.4, -0.2) is 23.5 Å². The highest BCUT2D eigenvalue weighted by molar-refractivity contribution is 5.77. The average Bonchev–Trinajstić information content (AvgIpc) is 2.42. The zero-order valence-corrected chi connectivity index (χ0v) is 12.6. The Morgan fingerprint density at radius 2 is 1.86 bits per heavy atom. The highest BCUT2D eigenvalue weighted by Crippen LogP contribution is 2.11. The molecule has 1 aromatic rings. The van der Waals surface area contributed by atoms with Gasteiger partial charge in [-0.3, -0.25) is 9.59 Å². The number of carbonyl (C=O) groups is 2. The lowest BCUT2D eigenvalue weighted by Crippen LogP contribution is -2.33. The van der Waals surface area contributed by atoms with Crippen molar-refractivity contribution in [2.45, 2.75) is 33.1 Å². The van der Waals surface area contributed by atoms with Gasteiger partial charge in [-0.2, -0.15) is 0 Å². The van der Waals surface area contributed by atoms with Gasteiger partial charge in [0.2, 0.25) is 5.91 Å². The van der Waals surface area contributed by atoms with Crippen molar-refractivity contribution in [1.82, 2.24) is 5.32 Å². The number of aryl methyl sites for hydroxylation is 1. The third kappa shape index (κ3) is 6.79. The minimum absolute atomic E-state index is 0.123. The molecule has 0 saturated heterocycles. The van der Waals surface area contributed by atoms with Crippen LogP contribution in [0.1, 0.15) is 32.3 Å². The number of anilines is 1. The Balaban J connectivity index is 2.35. The van der Waals surface area contributed by atoms with E-state index in [2.05, 4.69) is 5.32 Å². The lowest BCUT2D eigenvalue weighted by molar-refractivity contribution is -0.142. The molecule has 4 N–H and O–H groups in total. The predicted molar refractivity (Wildman–Crippen MR) is 82.8 cm³/mol. The summed E-state index contributed by atoms with van der Waals surface area (Å²) >= 11 is 0. The van der Waals surface area contributed by atoms with Gasteiger partial charge >= 0.3 is 5.97 Å². The van der Waals surface area contributed by atoms with E-state index in [0.717, 1.165) is 5.56 Å². The normalized spacial score (nSPS) is 12.1. The number of amides is 1. The van der Waals surface area contributed by atoms with E-state index in [4.69, 9.17) is 10.8 Å². The van der Waals surface area contributed by atoms with Crippen molar-refractivity contribution in [3.63, 3.8) is 0 Å². The SMILES string of the molecule is CC(C)CC(CNC(=O)CCc1ccc(N)cc1)C(=O)O. The minimum atomic E-state index is -0.859. The maximum atomic E-state index is 11.8. The number of aliphatic carboxylic acids is 1. The molecule has 0 spiro atoms. The van der Waals surface area contributed by atoms with Crippen molar-refractivity contribution in [2.24, 2.45) is 11.8 Å². The van der Waals surface area contributed by atoms with Crippen LogP contribution in [0.15, 0.2) is 24.3 Å². The second kappa shape index (κ2) is 8.29. The smallest absolute Gasteiger partial charge is 0.308 e. The maximum absolute atomic E-state index is 11.8. The van der Waals surface area contributed by atoms with Crippen LogP contribution >= 0.6 is 0 Å². The molecular formula is C16H24N2O3. The van der Waals surface area contributed by atoms with E-state index in [9.17, 15) is 9.59 Å². The molecule has 1 rings (SSSR count). The van der Waals surface area contributed by atoms with Gasteiger partial charge in [0.1, 0.15) is 0 Å². The largest absolute Gasteiger partial charge is 0.481 e. The van der Waals surface area contributed by atoms with E-state index in [1.54, 1.807) is 12.1 Å². The minimum Gasteiger partial charge on any atom is -0.481 e. The summed E-state index contributed by atoms with van der Waals surface area (Å²) in [4.78, 5) is 22.9. The standard InChI is InChI=1S/C16H24N2O3/c1-11(2)9-13(16(20)21)10-18-15(19)8-5-12-3-6-14(17)7-4-12/h3-4,6-7,11,13H,5,8-10,17H2,1-2H3,(H,18,19)(H,20,21). The number of hydrogen-bond acceptors (Lipinski definition) is 3. The number of benzene rings is 1. The van der Waals surface area contributed by atoms with Gasteiger partial charge in [0.15, 0.2) is 0 Å². The fraction of sp³-hybridized carbons (Fsp3) is 0.500. The number of rotatable bonds is 8. The third-order valence-corrected chi connectivity index (χ3v) is 3.27. The number of carboxylic acids is 1. The molecular weight excluding hydrogens is 268 g/mol. The van der Waals surface area contributed by atoms with E-state index in [1.165, 1.54) is 0 Å². The van der Waals surface area contributed by atoms with E-state index in [0.29, 0.717) is 24.9 Å². The molecule has 116 valence electrons. The summed E-state index contributed by atoms with van der Waals surface area (Å²) in [7, 11) is 0. The molecule has 0 aliphatic carbocycles. The zero-order chi connectivity index (χ0) is 15.8. The monoisotopic (exact) mass is 292 g/mol. The van der Waals surface area contributed by atoms with Gasteiger partial charge < -0.3 is 16.2 Å². The molecule has 1 atom stereocenters. The zero-order valence-electron chi connectivity index (χ0n) is 12.6. The molecule has 21 heavy (non-hydrogen) atoms. The fourth-order valence-corrected chi connectivity index (χ4v) is 2.11. The first kappa shape index (κ1) is 17.0. The molecule has 0 fully saturated rings. The van der Waals surface area contributed by atoms with E-state index < -0.39 is 11.9 Å². The summed E-state index contributed by atoms with van der Waals surface area (Å²) < 4.78 is 0. The molecule has 0 aromatic heterocycles. The first-order valence-electron chi connectivity index (χ1n) is 7.22. The molecule has 0 aliphatic rings. The Bertz CT molecular complexity index is 469. The van der Waals surface area contributed by atoms with Gasteiger partial charge in [-0.25, -0.2) is 0 Å². The average molecular weight is 292 g/mol. The molecule has 1 unspecified atom stereocenters. The molecule has 0 saturated carbocycles. The van der Waals surface area contributed by atoms with Crippen molar-refractivity contribution in [3.05, 3.63) is 29.8 Å². The molecule has 1 aromatic carbocycles. The van der Waals surface area contributed by atoms with Crippen LogP contribution in [0, 0.1) is 11.8 Å². The van der Waals surface area contributed by atoms with E-state index in [1.807, 2.05) is 26.0 Å². The van der Waals surface area contributed by atoms with Crippen molar-refractivity contribution in [3.8, 4) is 0 Å². The van der Waals surface area contributed by atoms with Gasteiger partial charge in [-0.15, -0.1) is 0 Å². The van der Waals surface area contributed by atoms with Gasteiger partial charge in [0, 0.05) is 18.7 Å². The highest BCUT2D eigenvalue weighted by Gasteiger charge is 2.19. The highest BCUT2D eigenvalue weighted by atomic mass is 16.4. The van der Waals surface area contributed by atoms with Gasteiger partial charge in [0.05, 0.1) is 5.92 Å². The van der Waals surface area contributed by atoms with Gasteiger partial charge in [-0.1, -0.05) is 26.0 Å². The molecule has 0 aliphatic heterocycles. The third-order valence-electron chi connectivity index (χ3n) is 3.27. The summed E-state index contributed by atoms with van der Waals surface area (Å²) in [5, 5.41) is 11.8. The second-order valence-electron chi connectivity index (χ2n) is 5.71.